The first kappa shape index (κ1) is 21.2. The Bertz CT molecular complexity index is 968. The maximum Gasteiger partial charge on any atom is 0.247 e. The first-order valence-electron chi connectivity index (χ1n) is 11.9. The molecule has 2 heterocycles. The molecule has 2 aromatic rings. The Hall–Kier alpha value is -2.66. The number of carbonyl (C=O) groups excluding carboxylic acids is 1. The summed E-state index contributed by atoms with van der Waals surface area (Å²) >= 11 is 0. The molecule has 1 amide bonds. The Morgan fingerprint density at radius 3 is 2.59 bits per heavy atom. The summed E-state index contributed by atoms with van der Waals surface area (Å²) in [7, 11) is 0. The summed E-state index contributed by atoms with van der Waals surface area (Å²) in [5, 5.41) is 0. The van der Waals surface area contributed by atoms with Crippen LogP contribution in [0.1, 0.15) is 47.9 Å². The van der Waals surface area contributed by atoms with E-state index < -0.39 is 0 Å². The molecule has 2 aliphatic heterocycles. The number of rotatable bonds is 6. The lowest BCUT2D eigenvalue weighted by Crippen LogP contribution is -2.46. The summed E-state index contributed by atoms with van der Waals surface area (Å²) in [6.07, 6.45) is 6.36. The van der Waals surface area contributed by atoms with Crippen LogP contribution in [0.5, 0.6) is 0 Å². The van der Waals surface area contributed by atoms with Gasteiger partial charge in [-0.15, -0.1) is 0 Å². The van der Waals surface area contributed by atoms with Crippen molar-refractivity contribution in [1.82, 2.24) is 9.80 Å². The van der Waals surface area contributed by atoms with Crippen LogP contribution >= 0.6 is 0 Å². The maximum atomic E-state index is 13.1. The second kappa shape index (κ2) is 9.45. The van der Waals surface area contributed by atoms with Gasteiger partial charge >= 0.3 is 0 Å². The second-order valence-electron chi connectivity index (χ2n) is 9.20. The molecule has 5 rings (SSSR count). The number of anilines is 1. The van der Waals surface area contributed by atoms with Crippen molar-refractivity contribution in [2.45, 2.75) is 31.2 Å². The molecule has 1 aliphatic carbocycles. The molecular weight excluding hydrogens is 401 g/mol. The number of benzene rings is 2. The van der Waals surface area contributed by atoms with Gasteiger partial charge in [0.25, 0.3) is 0 Å². The van der Waals surface area contributed by atoms with Crippen LogP contribution in [0.15, 0.2) is 54.6 Å². The van der Waals surface area contributed by atoms with Crippen molar-refractivity contribution in [3.8, 4) is 0 Å². The number of alkyl halides is 1. The minimum atomic E-state index is -0.233. The Morgan fingerprint density at radius 2 is 1.81 bits per heavy atom. The van der Waals surface area contributed by atoms with Crippen LogP contribution in [-0.4, -0.2) is 61.7 Å². The number of halogens is 1. The lowest BCUT2D eigenvalue weighted by atomic mass is 9.95. The second-order valence-corrected chi connectivity index (χ2v) is 9.20. The van der Waals surface area contributed by atoms with Gasteiger partial charge in [-0.25, -0.2) is 0 Å². The normalized spacial score (nSPS) is 23.0. The number of likely N-dealkylation sites (tertiary alicyclic amines) is 1. The lowest BCUT2D eigenvalue weighted by molar-refractivity contribution is -0.129. The van der Waals surface area contributed by atoms with E-state index in [9.17, 15) is 9.18 Å². The predicted molar refractivity (Wildman–Crippen MR) is 128 cm³/mol. The van der Waals surface area contributed by atoms with Crippen molar-refractivity contribution in [3.05, 3.63) is 71.3 Å². The van der Waals surface area contributed by atoms with E-state index in [0.29, 0.717) is 12.3 Å². The van der Waals surface area contributed by atoms with Gasteiger partial charge in [0.05, 0.1) is 12.7 Å². The molecule has 0 aromatic heterocycles. The highest BCUT2D eigenvalue weighted by molar-refractivity contribution is 5.92. The van der Waals surface area contributed by atoms with Gasteiger partial charge in [-0.3, -0.25) is 14.1 Å². The molecule has 5 heteroatoms. The highest BCUT2D eigenvalue weighted by atomic mass is 19.1. The van der Waals surface area contributed by atoms with Gasteiger partial charge in [0.2, 0.25) is 5.91 Å². The van der Waals surface area contributed by atoms with Crippen LogP contribution in [0.2, 0.25) is 0 Å². The summed E-state index contributed by atoms with van der Waals surface area (Å²) in [6, 6.07) is 17.1. The molecule has 0 radical (unpaired) electrons. The molecule has 2 atom stereocenters. The summed E-state index contributed by atoms with van der Waals surface area (Å²) in [4.78, 5) is 19.9. The van der Waals surface area contributed by atoms with E-state index in [1.165, 1.54) is 16.8 Å². The van der Waals surface area contributed by atoms with Crippen molar-refractivity contribution in [1.29, 1.82) is 0 Å². The fourth-order valence-corrected chi connectivity index (χ4v) is 5.57. The van der Waals surface area contributed by atoms with Crippen molar-refractivity contribution >= 4 is 17.7 Å². The number of nitrogens with zero attached hydrogens (tertiary/aromatic N) is 3. The van der Waals surface area contributed by atoms with Crippen molar-refractivity contribution in [2.24, 2.45) is 0 Å². The molecular formula is C27H32FN3O. The smallest absolute Gasteiger partial charge is 0.247 e. The maximum absolute atomic E-state index is 13.1. The van der Waals surface area contributed by atoms with E-state index in [4.69, 9.17) is 0 Å². The number of amides is 1. The Balaban J connectivity index is 1.30. The standard InChI is InChI=1S/C27H32FN3O/c28-12-4-13-29-15-17-30(18-16-29)23-8-9-24-22-11-14-31(26(19-22)25(24)20-23)27(32)10-7-21-5-2-1-3-6-21/h1-3,5-10,20,22,26H,4,11-19H2/b10-7+/t22-,26+/m1/s1. The predicted octanol–water partition coefficient (Wildman–Crippen LogP) is 4.64. The monoisotopic (exact) mass is 433 g/mol. The minimum absolute atomic E-state index is 0.108. The molecule has 32 heavy (non-hydrogen) atoms. The number of hydrogen-bond donors (Lipinski definition) is 0. The van der Waals surface area contributed by atoms with E-state index in [-0.39, 0.29) is 18.6 Å². The molecule has 0 unspecified atom stereocenters. The highest BCUT2D eigenvalue weighted by Gasteiger charge is 2.40. The Kier molecular flexibility index (Phi) is 6.26. The third kappa shape index (κ3) is 4.31. The van der Waals surface area contributed by atoms with Gasteiger partial charge in [0.1, 0.15) is 0 Å². The summed E-state index contributed by atoms with van der Waals surface area (Å²) < 4.78 is 12.5. The molecule has 2 aromatic carbocycles. The average molecular weight is 434 g/mol. The fourth-order valence-electron chi connectivity index (χ4n) is 5.57. The summed E-state index contributed by atoms with van der Waals surface area (Å²) in [5.41, 5.74) is 5.08. The number of fused-ring (bicyclic) bond motifs is 5. The third-order valence-corrected chi connectivity index (χ3v) is 7.32. The zero-order valence-corrected chi connectivity index (χ0v) is 18.6. The Morgan fingerprint density at radius 1 is 1.00 bits per heavy atom. The quantitative estimate of drug-likeness (QED) is 0.621. The molecule has 0 spiro atoms. The van der Waals surface area contributed by atoms with Crippen LogP contribution in [0.4, 0.5) is 10.1 Å². The molecule has 0 N–H and O–H groups in total. The number of piperidine rings is 1. The van der Waals surface area contributed by atoms with Gasteiger partial charge in [0.15, 0.2) is 0 Å². The van der Waals surface area contributed by atoms with Gasteiger partial charge < -0.3 is 9.80 Å². The third-order valence-electron chi connectivity index (χ3n) is 7.32. The van der Waals surface area contributed by atoms with Gasteiger partial charge in [-0.1, -0.05) is 36.4 Å². The lowest BCUT2D eigenvalue weighted by Gasteiger charge is -2.36. The molecule has 2 fully saturated rings. The van der Waals surface area contributed by atoms with Crippen LogP contribution in [-0.2, 0) is 4.79 Å². The van der Waals surface area contributed by atoms with Gasteiger partial charge in [-0.05, 0) is 60.1 Å². The summed E-state index contributed by atoms with van der Waals surface area (Å²) in [6.45, 7) is 5.36. The molecule has 0 saturated carbocycles. The van der Waals surface area contributed by atoms with E-state index in [2.05, 4.69) is 32.9 Å². The molecule has 4 nitrogen and oxygen atoms in total. The van der Waals surface area contributed by atoms with E-state index in [1.54, 1.807) is 6.08 Å². The zero-order chi connectivity index (χ0) is 21.9. The van der Waals surface area contributed by atoms with E-state index >= 15 is 0 Å². The number of piperazine rings is 1. The van der Waals surface area contributed by atoms with Gasteiger partial charge in [0, 0.05) is 51.0 Å². The average Bonchev–Trinajstić information content (AvgIpc) is 3.13. The summed E-state index contributed by atoms with van der Waals surface area (Å²) in [5.74, 6) is 0.681. The fraction of sp³-hybridized carbons (Fsp3) is 0.444. The number of carbonyl (C=O) groups is 1. The van der Waals surface area contributed by atoms with Crippen molar-refractivity contribution in [3.63, 3.8) is 0 Å². The van der Waals surface area contributed by atoms with Crippen LogP contribution in [0, 0.1) is 0 Å². The first-order chi connectivity index (χ1) is 15.7. The van der Waals surface area contributed by atoms with E-state index in [1.807, 2.05) is 36.4 Å². The van der Waals surface area contributed by atoms with Crippen molar-refractivity contribution < 1.29 is 9.18 Å². The zero-order valence-electron chi connectivity index (χ0n) is 18.6. The molecule has 2 saturated heterocycles. The largest absolute Gasteiger partial charge is 0.369 e. The molecule has 3 aliphatic rings. The molecule has 168 valence electrons. The first-order valence-corrected chi connectivity index (χ1v) is 11.9. The van der Waals surface area contributed by atoms with Gasteiger partial charge in [-0.2, -0.15) is 0 Å². The molecule has 2 bridgehead atoms. The van der Waals surface area contributed by atoms with E-state index in [0.717, 1.165) is 57.7 Å². The highest BCUT2D eigenvalue weighted by Crippen LogP contribution is 2.49. The van der Waals surface area contributed by atoms with Crippen LogP contribution in [0.25, 0.3) is 6.08 Å². The van der Waals surface area contributed by atoms with Crippen LogP contribution < -0.4 is 4.90 Å². The van der Waals surface area contributed by atoms with Crippen LogP contribution in [0.3, 0.4) is 0 Å². The Labute approximate surface area is 190 Å². The topological polar surface area (TPSA) is 26.8 Å². The number of hydrogen-bond acceptors (Lipinski definition) is 3. The van der Waals surface area contributed by atoms with Crippen molar-refractivity contribution in [2.75, 3.05) is 50.8 Å². The SMILES string of the molecule is O=C(/C=C/c1ccccc1)N1CC[C@@H]2C[C@H]1c1cc(N3CCN(CCCF)CC3)ccc12. The minimum Gasteiger partial charge on any atom is -0.369 e.